The Morgan fingerprint density at radius 1 is 1.47 bits per heavy atom. The standard InChI is InChI=1S/C13H26N2O2/c1-6-10(2)14-7-11-8-15(9-11)12(16)17-13(3,4)5/h10-11,14H,6-9H2,1-5H3. The van der Waals surface area contributed by atoms with Crippen LogP contribution >= 0.6 is 0 Å². The van der Waals surface area contributed by atoms with Crippen molar-refractivity contribution in [2.75, 3.05) is 19.6 Å². The first-order chi connectivity index (χ1) is 7.81. The van der Waals surface area contributed by atoms with Crippen LogP contribution in [0, 0.1) is 5.92 Å². The second kappa shape index (κ2) is 5.71. The van der Waals surface area contributed by atoms with Gasteiger partial charge in [-0.3, -0.25) is 0 Å². The van der Waals surface area contributed by atoms with Gasteiger partial charge in [-0.15, -0.1) is 0 Å². The molecule has 1 atom stereocenters. The fourth-order valence-corrected chi connectivity index (χ4v) is 1.69. The number of ether oxygens (including phenoxy) is 1. The highest BCUT2D eigenvalue weighted by Gasteiger charge is 2.33. The van der Waals surface area contributed by atoms with Crippen molar-refractivity contribution in [2.24, 2.45) is 5.92 Å². The molecule has 1 amide bonds. The maximum atomic E-state index is 11.7. The Balaban J connectivity index is 2.16. The van der Waals surface area contributed by atoms with E-state index in [0.717, 1.165) is 26.1 Å². The van der Waals surface area contributed by atoms with E-state index in [9.17, 15) is 4.79 Å². The number of nitrogens with one attached hydrogen (secondary N) is 1. The third-order valence-electron chi connectivity index (χ3n) is 2.98. The van der Waals surface area contributed by atoms with Crippen molar-refractivity contribution in [3.05, 3.63) is 0 Å². The van der Waals surface area contributed by atoms with Crippen molar-refractivity contribution in [1.82, 2.24) is 10.2 Å². The zero-order valence-corrected chi connectivity index (χ0v) is 11.7. The Morgan fingerprint density at radius 3 is 2.53 bits per heavy atom. The summed E-state index contributed by atoms with van der Waals surface area (Å²) in [6, 6.07) is 0.561. The van der Waals surface area contributed by atoms with Crippen LogP contribution in [0.5, 0.6) is 0 Å². The molecule has 0 aromatic rings. The molecule has 1 rings (SSSR count). The lowest BCUT2D eigenvalue weighted by atomic mass is 10.0. The molecule has 0 saturated carbocycles. The van der Waals surface area contributed by atoms with Crippen LogP contribution in [0.2, 0.25) is 0 Å². The molecule has 1 heterocycles. The molecular formula is C13H26N2O2. The van der Waals surface area contributed by atoms with Crippen LogP contribution in [0.1, 0.15) is 41.0 Å². The lowest BCUT2D eigenvalue weighted by Crippen LogP contribution is -2.55. The van der Waals surface area contributed by atoms with Crippen LogP contribution in [0.25, 0.3) is 0 Å². The normalized spacial score (nSPS) is 18.8. The molecule has 1 saturated heterocycles. The van der Waals surface area contributed by atoms with Gasteiger partial charge in [-0.05, 0) is 34.1 Å². The van der Waals surface area contributed by atoms with Crippen molar-refractivity contribution in [2.45, 2.75) is 52.7 Å². The molecule has 1 N–H and O–H groups in total. The minimum absolute atomic E-state index is 0.183. The molecule has 1 fully saturated rings. The van der Waals surface area contributed by atoms with E-state index in [0.29, 0.717) is 12.0 Å². The summed E-state index contributed by atoms with van der Waals surface area (Å²) in [5.41, 5.74) is -0.392. The number of likely N-dealkylation sites (tertiary alicyclic amines) is 1. The summed E-state index contributed by atoms with van der Waals surface area (Å²) in [6.07, 6.45) is 0.958. The van der Waals surface area contributed by atoms with E-state index in [-0.39, 0.29) is 6.09 Å². The Bertz CT molecular complexity index is 255. The fourth-order valence-electron chi connectivity index (χ4n) is 1.69. The molecule has 0 aromatic heterocycles. The molecule has 0 spiro atoms. The number of hydrogen-bond acceptors (Lipinski definition) is 3. The van der Waals surface area contributed by atoms with E-state index in [1.54, 1.807) is 4.90 Å². The van der Waals surface area contributed by atoms with Gasteiger partial charge < -0.3 is 15.0 Å². The van der Waals surface area contributed by atoms with Crippen molar-refractivity contribution in [1.29, 1.82) is 0 Å². The summed E-state index contributed by atoms with van der Waals surface area (Å²) in [5, 5.41) is 3.46. The molecule has 4 nitrogen and oxygen atoms in total. The predicted octanol–water partition coefficient (Wildman–Crippen LogP) is 2.24. The van der Waals surface area contributed by atoms with Gasteiger partial charge in [-0.25, -0.2) is 4.79 Å². The van der Waals surface area contributed by atoms with E-state index < -0.39 is 5.60 Å². The highest BCUT2D eigenvalue weighted by Crippen LogP contribution is 2.19. The third kappa shape index (κ3) is 4.94. The molecule has 0 bridgehead atoms. The molecule has 4 heteroatoms. The summed E-state index contributed by atoms with van der Waals surface area (Å²) in [7, 11) is 0. The highest BCUT2D eigenvalue weighted by atomic mass is 16.6. The first kappa shape index (κ1) is 14.3. The Kier molecular flexibility index (Phi) is 4.80. The summed E-state index contributed by atoms with van der Waals surface area (Å²) in [4.78, 5) is 13.4. The van der Waals surface area contributed by atoms with Crippen LogP contribution in [-0.4, -0.2) is 42.3 Å². The minimum atomic E-state index is -0.392. The smallest absolute Gasteiger partial charge is 0.410 e. The van der Waals surface area contributed by atoms with Gasteiger partial charge in [0.15, 0.2) is 0 Å². The first-order valence-corrected chi connectivity index (χ1v) is 6.53. The number of carbonyl (C=O) groups is 1. The number of carbonyl (C=O) groups excluding carboxylic acids is 1. The molecule has 0 radical (unpaired) electrons. The predicted molar refractivity (Wildman–Crippen MR) is 69.1 cm³/mol. The molecular weight excluding hydrogens is 216 g/mol. The van der Waals surface area contributed by atoms with Crippen LogP contribution in [0.15, 0.2) is 0 Å². The molecule has 1 unspecified atom stereocenters. The third-order valence-corrected chi connectivity index (χ3v) is 2.98. The van der Waals surface area contributed by atoms with E-state index in [2.05, 4.69) is 19.2 Å². The van der Waals surface area contributed by atoms with Gasteiger partial charge in [0.05, 0.1) is 0 Å². The van der Waals surface area contributed by atoms with Crippen LogP contribution < -0.4 is 5.32 Å². The van der Waals surface area contributed by atoms with Crippen molar-refractivity contribution < 1.29 is 9.53 Å². The number of amides is 1. The van der Waals surface area contributed by atoms with Gasteiger partial charge in [0.2, 0.25) is 0 Å². The summed E-state index contributed by atoms with van der Waals surface area (Å²) >= 11 is 0. The molecule has 0 aromatic carbocycles. The van der Waals surface area contributed by atoms with Crippen molar-refractivity contribution in [3.63, 3.8) is 0 Å². The molecule has 1 aliphatic rings. The molecule has 100 valence electrons. The van der Waals surface area contributed by atoms with E-state index in [4.69, 9.17) is 4.74 Å². The highest BCUT2D eigenvalue weighted by molar-refractivity contribution is 5.69. The van der Waals surface area contributed by atoms with Crippen LogP contribution in [0.3, 0.4) is 0 Å². The molecule has 17 heavy (non-hydrogen) atoms. The average Bonchev–Trinajstić information content (AvgIpc) is 2.11. The fraction of sp³-hybridized carbons (Fsp3) is 0.923. The Morgan fingerprint density at radius 2 is 2.06 bits per heavy atom. The van der Waals surface area contributed by atoms with Crippen molar-refractivity contribution in [3.8, 4) is 0 Å². The van der Waals surface area contributed by atoms with E-state index >= 15 is 0 Å². The lowest BCUT2D eigenvalue weighted by molar-refractivity contribution is -0.00101. The number of rotatable bonds is 4. The average molecular weight is 242 g/mol. The summed E-state index contributed by atoms with van der Waals surface area (Å²) < 4.78 is 5.30. The van der Waals surface area contributed by atoms with Gasteiger partial charge in [0, 0.05) is 31.6 Å². The van der Waals surface area contributed by atoms with Gasteiger partial charge in [0.25, 0.3) is 0 Å². The first-order valence-electron chi connectivity index (χ1n) is 6.53. The van der Waals surface area contributed by atoms with E-state index in [1.807, 2.05) is 20.8 Å². The second-order valence-electron chi connectivity index (χ2n) is 5.97. The molecule has 0 aliphatic carbocycles. The second-order valence-corrected chi connectivity index (χ2v) is 5.97. The summed E-state index contributed by atoms with van der Waals surface area (Å²) in [6.45, 7) is 12.7. The Labute approximate surface area is 105 Å². The van der Waals surface area contributed by atoms with Gasteiger partial charge in [-0.2, -0.15) is 0 Å². The van der Waals surface area contributed by atoms with Gasteiger partial charge in [0.1, 0.15) is 5.60 Å². The van der Waals surface area contributed by atoms with Crippen LogP contribution in [-0.2, 0) is 4.74 Å². The lowest BCUT2D eigenvalue weighted by Gasteiger charge is -2.40. The maximum Gasteiger partial charge on any atom is 0.410 e. The van der Waals surface area contributed by atoms with Crippen LogP contribution in [0.4, 0.5) is 4.79 Å². The Hall–Kier alpha value is -0.770. The quantitative estimate of drug-likeness (QED) is 0.822. The SMILES string of the molecule is CCC(C)NCC1CN(C(=O)OC(C)(C)C)C1. The maximum absolute atomic E-state index is 11.7. The van der Waals surface area contributed by atoms with Crippen molar-refractivity contribution >= 4 is 6.09 Å². The zero-order valence-electron chi connectivity index (χ0n) is 11.7. The zero-order chi connectivity index (χ0) is 13.1. The number of hydrogen-bond donors (Lipinski definition) is 1. The molecule has 1 aliphatic heterocycles. The summed E-state index contributed by atoms with van der Waals surface area (Å²) in [5.74, 6) is 0.580. The van der Waals surface area contributed by atoms with Gasteiger partial charge in [-0.1, -0.05) is 6.92 Å². The largest absolute Gasteiger partial charge is 0.444 e. The monoisotopic (exact) mass is 242 g/mol. The topological polar surface area (TPSA) is 41.6 Å². The van der Waals surface area contributed by atoms with E-state index in [1.165, 1.54) is 0 Å². The minimum Gasteiger partial charge on any atom is -0.444 e. The number of nitrogens with zero attached hydrogens (tertiary/aromatic N) is 1. The van der Waals surface area contributed by atoms with Gasteiger partial charge >= 0.3 is 6.09 Å².